The normalized spacial score (nSPS) is 17.9. The molecule has 3 N–H and O–H groups in total. The van der Waals surface area contributed by atoms with Gasteiger partial charge in [0, 0.05) is 54.3 Å². The number of β-amino-alcohol motifs (C(OH)–C–C–N with tert-alkyl or cyclic N) is 1. The number of carbonyl (C=O) groups excluding carboxylic acids is 3. The van der Waals surface area contributed by atoms with Crippen LogP contribution in [0.5, 0.6) is 11.5 Å². The van der Waals surface area contributed by atoms with Gasteiger partial charge in [-0.25, -0.2) is 18.4 Å². The topological polar surface area (TPSA) is 173 Å². The number of aliphatic hydroxyl groups is 1. The summed E-state index contributed by atoms with van der Waals surface area (Å²) in [6, 6.07) is 24.8. The van der Waals surface area contributed by atoms with Crippen molar-refractivity contribution in [3.8, 4) is 21.9 Å². The highest BCUT2D eigenvalue weighted by molar-refractivity contribution is 7.13. The zero-order chi connectivity index (χ0) is 55.2. The molecule has 78 heavy (non-hydrogen) atoms. The minimum Gasteiger partial charge on any atom is -0.492 e. The molecule has 2 aromatic heterocycles. The summed E-state index contributed by atoms with van der Waals surface area (Å²) < 4.78 is 50.2. The summed E-state index contributed by atoms with van der Waals surface area (Å²) >= 11 is 8.35. The van der Waals surface area contributed by atoms with Crippen molar-refractivity contribution in [1.82, 2.24) is 35.5 Å². The van der Waals surface area contributed by atoms with Crippen LogP contribution in [0.3, 0.4) is 0 Å². The Kier molecular flexibility index (Phi) is 17.5. The first-order chi connectivity index (χ1) is 37.4. The van der Waals surface area contributed by atoms with Crippen LogP contribution in [0.4, 0.5) is 14.5 Å². The van der Waals surface area contributed by atoms with Gasteiger partial charge in [-0.3, -0.25) is 14.4 Å². The Morgan fingerprint density at radius 3 is 2.44 bits per heavy atom. The molecule has 3 aliphatic rings. The maximum absolute atomic E-state index is 15.4. The standard InChI is InChI=1S/C59H69ClF2N8O7S/c1-38-11-10-12-42(51(38)60)32-68(36-58(21-8-9-22-58)47-13-6-7-14-48(47)61)44-17-19-46(20-18-44)76-26-25-69-33-43(66-67-69)35-75-27-28-77-50-29-40(52-39(2)64-37-78-52)15-16-41(50)31-63-54(72)49-30-45(71)34-70(49)55(73)53(57(3,4)5)65-56(74)59(62)23-24-59/h6-7,10-20,29,33,37,45,49,53,71H,8-9,21-28,30-32,34-36H2,1-5H3,(H,63,72)(H,65,74)/t45-,49+,53-/m1/s1. The zero-order valence-electron chi connectivity index (χ0n) is 44.9. The first-order valence-electron chi connectivity index (χ1n) is 26.8. The van der Waals surface area contributed by atoms with Crippen molar-refractivity contribution < 1.29 is 42.5 Å². The molecule has 2 saturated carbocycles. The highest BCUT2D eigenvalue weighted by Gasteiger charge is 2.53. The number of rotatable bonds is 23. The van der Waals surface area contributed by atoms with Gasteiger partial charge in [0.1, 0.15) is 48.3 Å². The minimum atomic E-state index is -1.99. The van der Waals surface area contributed by atoms with Gasteiger partial charge in [-0.1, -0.05) is 99.0 Å². The van der Waals surface area contributed by atoms with Gasteiger partial charge in [-0.15, -0.1) is 16.4 Å². The fourth-order valence-electron chi connectivity index (χ4n) is 10.6. The second kappa shape index (κ2) is 24.3. The van der Waals surface area contributed by atoms with Crippen LogP contribution >= 0.6 is 22.9 Å². The van der Waals surface area contributed by atoms with Gasteiger partial charge < -0.3 is 39.8 Å². The molecule has 3 amide bonds. The first kappa shape index (κ1) is 56.3. The van der Waals surface area contributed by atoms with Crippen LogP contribution < -0.4 is 25.0 Å². The van der Waals surface area contributed by atoms with Gasteiger partial charge in [0.05, 0.1) is 48.1 Å². The third-order valence-corrected chi connectivity index (χ3v) is 16.6. The summed E-state index contributed by atoms with van der Waals surface area (Å²) in [5.41, 5.74) is 5.51. The number of aliphatic hydroxyl groups excluding tert-OH is 1. The number of aromatic nitrogens is 4. The number of hydrogen-bond donors (Lipinski definition) is 3. The summed E-state index contributed by atoms with van der Waals surface area (Å²) in [7, 11) is 0. The molecule has 19 heteroatoms. The van der Waals surface area contributed by atoms with Gasteiger partial charge in [0.15, 0.2) is 5.67 Å². The Morgan fingerprint density at radius 2 is 1.72 bits per heavy atom. The molecule has 1 saturated heterocycles. The molecular formula is C59H69ClF2N8O7S. The second-order valence-electron chi connectivity index (χ2n) is 22.0. The maximum Gasteiger partial charge on any atom is 0.258 e. The monoisotopic (exact) mass is 1110 g/mol. The van der Waals surface area contributed by atoms with E-state index in [0.29, 0.717) is 49.0 Å². The van der Waals surface area contributed by atoms with Gasteiger partial charge in [0.2, 0.25) is 11.8 Å². The number of amides is 3. The first-order valence-corrected chi connectivity index (χ1v) is 28.0. The average Bonchev–Trinajstić information content (AvgIpc) is 4.00. The lowest BCUT2D eigenvalue weighted by atomic mass is 9.78. The molecule has 4 aromatic carbocycles. The lowest BCUT2D eigenvalue weighted by molar-refractivity contribution is -0.145. The van der Waals surface area contributed by atoms with E-state index in [1.165, 1.54) is 16.2 Å². The van der Waals surface area contributed by atoms with Crippen molar-refractivity contribution in [2.45, 2.75) is 135 Å². The quantitative estimate of drug-likeness (QED) is 0.0522. The van der Waals surface area contributed by atoms with Crippen molar-refractivity contribution >= 4 is 46.3 Å². The number of nitrogens with one attached hydrogen (secondary N) is 2. The lowest BCUT2D eigenvalue weighted by Crippen LogP contribution is -2.59. The zero-order valence-corrected chi connectivity index (χ0v) is 46.5. The Bertz CT molecular complexity index is 3070. The van der Waals surface area contributed by atoms with Crippen LogP contribution in [0.2, 0.25) is 5.02 Å². The Morgan fingerprint density at radius 1 is 0.949 bits per heavy atom. The number of carbonyl (C=O) groups is 3. The molecular weight excluding hydrogens is 1040 g/mol. The maximum atomic E-state index is 15.4. The van der Waals surface area contributed by atoms with E-state index in [4.69, 9.17) is 25.8 Å². The molecule has 0 spiro atoms. The number of thiazole rings is 1. The van der Waals surface area contributed by atoms with Crippen molar-refractivity contribution in [2.24, 2.45) is 5.41 Å². The van der Waals surface area contributed by atoms with Gasteiger partial charge in [0.25, 0.3) is 5.91 Å². The smallest absolute Gasteiger partial charge is 0.258 e. The van der Waals surface area contributed by atoms with E-state index < -0.39 is 47.0 Å². The van der Waals surface area contributed by atoms with E-state index in [9.17, 15) is 23.9 Å². The number of aryl methyl sites for hydroxylation is 2. The van der Waals surface area contributed by atoms with Crippen molar-refractivity contribution in [2.75, 3.05) is 37.8 Å². The number of alkyl halides is 1. The Hall–Kier alpha value is -6.47. The molecule has 6 aromatic rings. The second-order valence-corrected chi connectivity index (χ2v) is 23.3. The predicted octanol–water partition coefficient (Wildman–Crippen LogP) is 9.62. The van der Waals surface area contributed by atoms with Crippen molar-refractivity contribution in [1.29, 1.82) is 0 Å². The van der Waals surface area contributed by atoms with E-state index in [-0.39, 0.29) is 63.4 Å². The molecule has 0 unspecified atom stereocenters. The molecule has 1 aliphatic heterocycles. The lowest BCUT2D eigenvalue weighted by Gasteiger charge is -2.38. The third kappa shape index (κ3) is 13.3. The summed E-state index contributed by atoms with van der Waals surface area (Å²) in [6.07, 6.45) is 4.96. The SMILES string of the molecule is Cc1cccc(CN(CC2(c3ccccc3F)CCCC2)c2ccc(OCCn3cc(COCCOc4cc(-c5scnc5C)ccc4CNC(=O)[C@@H]4C[C@@H](O)CN4C(=O)[C@@H](NC(=O)C4(F)CC4)C(C)(C)C)nn3)cc2)c1Cl. The number of ether oxygens (including phenoxy) is 3. The Balaban J connectivity index is 0.773. The van der Waals surface area contributed by atoms with Gasteiger partial charge in [-0.05, 0) is 104 Å². The molecule has 2 aliphatic carbocycles. The Labute approximate surface area is 463 Å². The summed E-state index contributed by atoms with van der Waals surface area (Å²) in [6.45, 7) is 11.7. The number of likely N-dealkylation sites (tertiary alicyclic amines) is 1. The number of nitrogens with zero attached hydrogens (tertiary/aromatic N) is 6. The fourth-order valence-corrected chi connectivity index (χ4v) is 11.6. The van der Waals surface area contributed by atoms with E-state index >= 15 is 4.39 Å². The van der Waals surface area contributed by atoms with Gasteiger partial charge in [-0.2, -0.15) is 0 Å². The van der Waals surface area contributed by atoms with Crippen LogP contribution in [0.15, 0.2) is 96.6 Å². The van der Waals surface area contributed by atoms with Crippen LogP contribution in [0.25, 0.3) is 10.4 Å². The molecule has 3 heterocycles. The average molecular weight is 1110 g/mol. The van der Waals surface area contributed by atoms with Crippen molar-refractivity contribution in [3.63, 3.8) is 0 Å². The molecule has 0 bridgehead atoms. The molecule has 0 radical (unpaired) electrons. The highest BCUT2D eigenvalue weighted by atomic mass is 35.5. The summed E-state index contributed by atoms with van der Waals surface area (Å²) in [5.74, 6) is -0.825. The van der Waals surface area contributed by atoms with E-state index in [2.05, 4.69) is 36.9 Å². The van der Waals surface area contributed by atoms with Crippen LogP contribution in [-0.4, -0.2) is 104 Å². The third-order valence-electron chi connectivity index (χ3n) is 15.1. The molecule has 3 fully saturated rings. The van der Waals surface area contributed by atoms with Gasteiger partial charge >= 0.3 is 0 Å². The number of hydrogen-bond acceptors (Lipinski definition) is 12. The number of benzene rings is 4. The van der Waals surface area contributed by atoms with Crippen molar-refractivity contribution in [3.05, 3.63) is 141 Å². The molecule has 15 nitrogen and oxygen atoms in total. The molecule has 9 rings (SSSR count). The van der Waals surface area contributed by atoms with Crippen LogP contribution in [0, 0.1) is 25.1 Å². The minimum absolute atomic E-state index is 0.00456. The van der Waals surface area contributed by atoms with E-state index in [0.717, 1.165) is 69.2 Å². The van der Waals surface area contributed by atoms with Crippen LogP contribution in [-0.2, 0) is 50.8 Å². The number of halogens is 3. The molecule has 3 atom stereocenters. The fraction of sp³-hybridized carbons (Fsp3) is 0.458. The largest absolute Gasteiger partial charge is 0.492 e. The predicted molar refractivity (Wildman–Crippen MR) is 296 cm³/mol. The molecule has 414 valence electrons. The van der Waals surface area contributed by atoms with E-state index in [1.807, 2.05) is 86.8 Å². The van der Waals surface area contributed by atoms with E-state index in [1.54, 1.807) is 43.1 Å². The highest BCUT2D eigenvalue weighted by Crippen LogP contribution is 2.45. The van der Waals surface area contributed by atoms with Crippen LogP contribution in [0.1, 0.15) is 99.4 Å². The summed E-state index contributed by atoms with van der Waals surface area (Å²) in [5, 5.41) is 25.5. The number of anilines is 1. The summed E-state index contributed by atoms with van der Waals surface area (Å²) in [4.78, 5) is 49.5.